The second-order valence-corrected chi connectivity index (χ2v) is 6.29. The molecule has 0 bridgehead atoms. The number of anilines is 1. The van der Waals surface area contributed by atoms with Crippen LogP contribution in [0.1, 0.15) is 12.6 Å². The van der Waals surface area contributed by atoms with Gasteiger partial charge in [-0.05, 0) is 26.0 Å². The molecule has 0 saturated carbocycles. The molecule has 0 unspecified atom stereocenters. The van der Waals surface area contributed by atoms with Crippen LogP contribution in [0.3, 0.4) is 0 Å². The summed E-state index contributed by atoms with van der Waals surface area (Å²) >= 11 is 0. The van der Waals surface area contributed by atoms with Gasteiger partial charge in [-0.3, -0.25) is 13.8 Å². The van der Waals surface area contributed by atoms with Crippen LogP contribution in [0.4, 0.5) is 5.69 Å². The van der Waals surface area contributed by atoms with Crippen LogP contribution in [0.25, 0.3) is 11.5 Å². The maximum Gasteiger partial charge on any atom is 0.260 e. The SMILES string of the molecule is Cc1cn(-c2cc(=O)n3cc(N4CCN[C@@H](C)C4)ccc3n2)cn1. The van der Waals surface area contributed by atoms with E-state index in [9.17, 15) is 4.79 Å². The Kier molecular flexibility index (Phi) is 3.57. The number of pyridine rings is 1. The van der Waals surface area contributed by atoms with Crippen molar-refractivity contribution >= 4 is 11.3 Å². The quantitative estimate of drug-likeness (QED) is 0.761. The molecule has 3 aromatic rings. The van der Waals surface area contributed by atoms with Crippen LogP contribution in [-0.2, 0) is 0 Å². The van der Waals surface area contributed by atoms with Gasteiger partial charge in [-0.15, -0.1) is 0 Å². The first-order valence-electron chi connectivity index (χ1n) is 8.13. The lowest BCUT2D eigenvalue weighted by molar-refractivity contribution is 0.484. The van der Waals surface area contributed by atoms with Gasteiger partial charge in [0.1, 0.15) is 17.8 Å². The van der Waals surface area contributed by atoms with E-state index in [1.54, 1.807) is 15.3 Å². The molecule has 7 heteroatoms. The van der Waals surface area contributed by atoms with E-state index in [2.05, 4.69) is 27.1 Å². The van der Waals surface area contributed by atoms with E-state index in [-0.39, 0.29) is 5.56 Å². The number of piperazine rings is 1. The van der Waals surface area contributed by atoms with Crippen molar-refractivity contribution in [2.75, 3.05) is 24.5 Å². The molecule has 0 aromatic carbocycles. The molecule has 1 fully saturated rings. The van der Waals surface area contributed by atoms with E-state index in [0.29, 0.717) is 17.5 Å². The summed E-state index contributed by atoms with van der Waals surface area (Å²) in [7, 11) is 0. The highest BCUT2D eigenvalue weighted by atomic mass is 16.1. The molecule has 0 aliphatic carbocycles. The van der Waals surface area contributed by atoms with E-state index in [1.807, 2.05) is 31.5 Å². The Morgan fingerprint density at radius 2 is 2.17 bits per heavy atom. The highest BCUT2D eigenvalue weighted by Gasteiger charge is 2.16. The molecule has 124 valence electrons. The Bertz CT molecular complexity index is 944. The minimum Gasteiger partial charge on any atom is -0.368 e. The van der Waals surface area contributed by atoms with Gasteiger partial charge >= 0.3 is 0 Å². The van der Waals surface area contributed by atoms with Crippen molar-refractivity contribution in [1.82, 2.24) is 24.3 Å². The Morgan fingerprint density at radius 1 is 1.29 bits per heavy atom. The summed E-state index contributed by atoms with van der Waals surface area (Å²) in [4.78, 5) is 23.6. The standard InChI is InChI=1S/C17H20N6O/c1-12-8-21(6-5-18-12)14-3-4-15-20-16(7-17(24)23(15)10-14)22-9-13(2)19-11-22/h3-4,7,9-12,18H,5-6,8H2,1-2H3/t12-/m0/s1. The molecule has 0 amide bonds. The smallest absolute Gasteiger partial charge is 0.260 e. The summed E-state index contributed by atoms with van der Waals surface area (Å²) in [5.74, 6) is 0.587. The average Bonchev–Trinajstić information content (AvgIpc) is 3.01. The lowest BCUT2D eigenvalue weighted by Crippen LogP contribution is -2.49. The summed E-state index contributed by atoms with van der Waals surface area (Å²) in [6.07, 6.45) is 5.41. The lowest BCUT2D eigenvalue weighted by Gasteiger charge is -2.33. The van der Waals surface area contributed by atoms with Gasteiger partial charge in [0.25, 0.3) is 5.56 Å². The average molecular weight is 324 g/mol. The fraction of sp³-hybridized carbons (Fsp3) is 0.353. The van der Waals surface area contributed by atoms with Crippen LogP contribution < -0.4 is 15.8 Å². The second kappa shape index (κ2) is 5.76. The molecule has 1 atom stereocenters. The molecule has 1 saturated heterocycles. The van der Waals surface area contributed by atoms with Crippen LogP contribution >= 0.6 is 0 Å². The monoisotopic (exact) mass is 324 g/mol. The highest BCUT2D eigenvalue weighted by Crippen LogP contribution is 2.17. The van der Waals surface area contributed by atoms with Gasteiger partial charge in [0, 0.05) is 44.1 Å². The molecule has 0 spiro atoms. The number of rotatable bonds is 2. The van der Waals surface area contributed by atoms with Crippen molar-refractivity contribution in [3.63, 3.8) is 0 Å². The predicted octanol–water partition coefficient (Wildman–Crippen LogP) is 0.987. The molecule has 1 N–H and O–H groups in total. The summed E-state index contributed by atoms with van der Waals surface area (Å²) < 4.78 is 3.37. The number of aryl methyl sites for hydroxylation is 1. The van der Waals surface area contributed by atoms with Gasteiger partial charge < -0.3 is 10.2 Å². The molecule has 1 aliphatic heterocycles. The number of nitrogens with one attached hydrogen (secondary N) is 1. The molecular formula is C17H20N6O. The first-order chi connectivity index (χ1) is 11.6. The van der Waals surface area contributed by atoms with Gasteiger partial charge in [0.05, 0.1) is 11.4 Å². The molecular weight excluding hydrogens is 304 g/mol. The van der Waals surface area contributed by atoms with Crippen molar-refractivity contribution in [3.8, 4) is 5.82 Å². The van der Waals surface area contributed by atoms with E-state index < -0.39 is 0 Å². The lowest BCUT2D eigenvalue weighted by atomic mass is 10.2. The van der Waals surface area contributed by atoms with Crippen molar-refractivity contribution < 1.29 is 0 Å². The van der Waals surface area contributed by atoms with Crippen LogP contribution in [0.15, 0.2) is 41.7 Å². The molecule has 0 radical (unpaired) electrons. The zero-order valence-corrected chi connectivity index (χ0v) is 13.8. The van der Waals surface area contributed by atoms with Crippen LogP contribution in [0, 0.1) is 6.92 Å². The number of nitrogens with zero attached hydrogens (tertiary/aromatic N) is 5. The van der Waals surface area contributed by atoms with Crippen molar-refractivity contribution in [1.29, 1.82) is 0 Å². The van der Waals surface area contributed by atoms with E-state index in [4.69, 9.17) is 0 Å². The Balaban J connectivity index is 1.75. The van der Waals surface area contributed by atoms with E-state index in [0.717, 1.165) is 31.0 Å². The Hall–Kier alpha value is -2.67. The number of hydrogen-bond acceptors (Lipinski definition) is 5. The minimum atomic E-state index is -0.0913. The largest absolute Gasteiger partial charge is 0.368 e. The molecule has 24 heavy (non-hydrogen) atoms. The molecule has 3 aromatic heterocycles. The molecule has 7 nitrogen and oxygen atoms in total. The topological polar surface area (TPSA) is 67.5 Å². The fourth-order valence-corrected chi connectivity index (χ4v) is 3.11. The predicted molar refractivity (Wildman–Crippen MR) is 93.0 cm³/mol. The van der Waals surface area contributed by atoms with Gasteiger partial charge in [0.15, 0.2) is 0 Å². The van der Waals surface area contributed by atoms with Crippen molar-refractivity contribution in [2.24, 2.45) is 0 Å². The second-order valence-electron chi connectivity index (χ2n) is 6.29. The van der Waals surface area contributed by atoms with Crippen LogP contribution in [0.5, 0.6) is 0 Å². The van der Waals surface area contributed by atoms with Gasteiger partial charge in [-0.2, -0.15) is 0 Å². The van der Waals surface area contributed by atoms with Crippen molar-refractivity contribution in [3.05, 3.63) is 53.0 Å². The maximum absolute atomic E-state index is 12.5. The summed E-state index contributed by atoms with van der Waals surface area (Å²) in [5, 5.41) is 3.43. The van der Waals surface area contributed by atoms with Gasteiger partial charge in [-0.25, -0.2) is 9.97 Å². The Morgan fingerprint density at radius 3 is 2.92 bits per heavy atom. The zero-order valence-electron chi connectivity index (χ0n) is 13.8. The van der Waals surface area contributed by atoms with Crippen molar-refractivity contribution in [2.45, 2.75) is 19.9 Å². The zero-order chi connectivity index (χ0) is 16.7. The first-order valence-corrected chi connectivity index (χ1v) is 8.13. The van der Waals surface area contributed by atoms with E-state index in [1.165, 1.54) is 6.07 Å². The third kappa shape index (κ3) is 2.67. The minimum absolute atomic E-state index is 0.0913. The highest BCUT2D eigenvalue weighted by molar-refractivity contribution is 5.53. The maximum atomic E-state index is 12.5. The van der Waals surface area contributed by atoms with Crippen LogP contribution in [0.2, 0.25) is 0 Å². The summed E-state index contributed by atoms with van der Waals surface area (Å²) in [6, 6.07) is 5.91. The van der Waals surface area contributed by atoms with Crippen LogP contribution in [-0.4, -0.2) is 44.6 Å². The van der Waals surface area contributed by atoms with E-state index >= 15 is 0 Å². The molecule has 4 heterocycles. The number of hydrogen-bond donors (Lipinski definition) is 1. The normalized spacial score (nSPS) is 18.2. The fourth-order valence-electron chi connectivity index (χ4n) is 3.11. The third-order valence-corrected chi connectivity index (χ3v) is 4.34. The van der Waals surface area contributed by atoms with Gasteiger partial charge in [-0.1, -0.05) is 0 Å². The number of imidazole rings is 1. The summed E-state index contributed by atoms with van der Waals surface area (Å²) in [5.41, 5.74) is 2.48. The first kappa shape index (κ1) is 14.9. The van der Waals surface area contributed by atoms with Gasteiger partial charge in [0.2, 0.25) is 0 Å². The summed E-state index contributed by atoms with van der Waals surface area (Å²) in [6.45, 7) is 6.89. The third-order valence-electron chi connectivity index (χ3n) is 4.34. The molecule has 4 rings (SSSR count). The molecule has 1 aliphatic rings. The Labute approximate surface area is 139 Å². The number of aromatic nitrogens is 4. The number of fused-ring (bicyclic) bond motifs is 1.